The molecule has 0 saturated carbocycles. The molecule has 1 aliphatic rings. The van der Waals surface area contributed by atoms with Crippen LogP contribution >= 0.6 is 34.0 Å². The number of piperidine rings is 1. The number of carbonyl (C=O) groups is 1. The minimum atomic E-state index is -3.03. The number of fused-ring (bicyclic) bond motifs is 2. The number of nitrogens with zero attached hydrogens (tertiary/aromatic N) is 6. The molecule has 7 rings (SSSR count). The highest BCUT2D eigenvalue weighted by Crippen LogP contribution is 2.40. The third kappa shape index (κ3) is 6.01. The van der Waals surface area contributed by atoms with Crippen molar-refractivity contribution < 1.29 is 23.0 Å². The minimum Gasteiger partial charge on any atom is -0.497 e. The van der Waals surface area contributed by atoms with Crippen molar-refractivity contribution in [1.82, 2.24) is 29.5 Å². The first-order chi connectivity index (χ1) is 21.6. The molecule has 5 heterocycles. The maximum atomic E-state index is 13.7. The molecule has 0 spiro atoms. The summed E-state index contributed by atoms with van der Waals surface area (Å²) in [4.78, 5) is 29.3. The van der Waals surface area contributed by atoms with Gasteiger partial charge in [-0.05, 0) is 30.9 Å². The Kier molecular flexibility index (Phi) is 7.74. The van der Waals surface area contributed by atoms with E-state index in [0.717, 1.165) is 58.7 Å². The Bertz CT molecular complexity index is 1980. The Hall–Kier alpha value is -4.01. The van der Waals surface area contributed by atoms with E-state index in [1.165, 1.54) is 33.6 Å². The molecular weight excluding hydrogens is 639 g/mol. The molecule has 9 nitrogen and oxygen atoms in total. The van der Waals surface area contributed by atoms with Crippen LogP contribution in [0.15, 0.2) is 48.0 Å². The first-order valence-electron chi connectivity index (χ1n) is 14.3. The summed E-state index contributed by atoms with van der Waals surface area (Å²) in [6, 6.07) is 11.3. The molecule has 0 aliphatic carbocycles. The van der Waals surface area contributed by atoms with Crippen LogP contribution in [-0.2, 0) is 12.5 Å². The van der Waals surface area contributed by atoms with Crippen molar-refractivity contribution in [1.29, 1.82) is 0 Å². The fourth-order valence-electron chi connectivity index (χ4n) is 5.26. The van der Waals surface area contributed by atoms with Gasteiger partial charge in [0.15, 0.2) is 5.01 Å². The van der Waals surface area contributed by atoms with E-state index in [1.807, 2.05) is 40.6 Å². The summed E-state index contributed by atoms with van der Waals surface area (Å²) in [6.45, 7) is 4.86. The Morgan fingerprint density at radius 1 is 1.11 bits per heavy atom. The van der Waals surface area contributed by atoms with Crippen LogP contribution in [0.25, 0.3) is 36.5 Å². The summed E-state index contributed by atoms with van der Waals surface area (Å²) in [5.74, 6) is -1.24. The fourth-order valence-corrected chi connectivity index (χ4v) is 7.85. The van der Waals surface area contributed by atoms with E-state index in [2.05, 4.69) is 17.0 Å². The fraction of sp³-hybridized carbons (Fsp3) is 0.323. The molecule has 0 bridgehead atoms. The van der Waals surface area contributed by atoms with E-state index in [1.54, 1.807) is 19.4 Å². The van der Waals surface area contributed by atoms with Crippen molar-refractivity contribution in [3.05, 3.63) is 64.2 Å². The predicted octanol–water partition coefficient (Wildman–Crippen LogP) is 7.76. The smallest absolute Gasteiger partial charge is 0.298 e. The molecule has 1 atom stereocenters. The number of hydrogen-bond donors (Lipinski definition) is 0. The van der Waals surface area contributed by atoms with E-state index >= 15 is 0 Å². The van der Waals surface area contributed by atoms with Crippen LogP contribution in [0.5, 0.6) is 11.5 Å². The van der Waals surface area contributed by atoms with Crippen molar-refractivity contribution >= 4 is 55.1 Å². The van der Waals surface area contributed by atoms with Crippen LogP contribution < -0.4 is 9.47 Å². The zero-order valence-corrected chi connectivity index (χ0v) is 27.1. The molecule has 4 aromatic heterocycles. The average molecular weight is 667 g/mol. The van der Waals surface area contributed by atoms with Crippen molar-refractivity contribution in [2.24, 2.45) is 5.92 Å². The Morgan fingerprint density at radius 3 is 2.67 bits per heavy atom. The number of aromatic nitrogens is 5. The van der Waals surface area contributed by atoms with Gasteiger partial charge in [-0.1, -0.05) is 30.4 Å². The van der Waals surface area contributed by atoms with Gasteiger partial charge < -0.3 is 14.4 Å². The van der Waals surface area contributed by atoms with Crippen LogP contribution in [-0.4, -0.2) is 55.6 Å². The molecule has 1 fully saturated rings. The summed E-state index contributed by atoms with van der Waals surface area (Å²) in [5.41, 5.74) is 3.60. The van der Waals surface area contributed by atoms with Gasteiger partial charge in [0, 0.05) is 48.7 Å². The monoisotopic (exact) mass is 666 g/mol. The maximum Gasteiger partial charge on any atom is 0.298 e. The average Bonchev–Trinajstić information content (AvgIpc) is 3.82. The number of amides is 1. The molecule has 2 aromatic carbocycles. The lowest BCUT2D eigenvalue weighted by atomic mass is 9.99. The van der Waals surface area contributed by atoms with Gasteiger partial charge in [-0.25, -0.2) is 19.5 Å². The topological polar surface area (TPSA) is 94.7 Å². The number of halogens is 2. The number of methoxy groups -OCH3 is 1. The molecule has 1 aliphatic heterocycles. The molecule has 0 unspecified atom stereocenters. The highest BCUT2D eigenvalue weighted by molar-refractivity contribution is 7.22. The van der Waals surface area contributed by atoms with Crippen molar-refractivity contribution in [2.75, 3.05) is 20.2 Å². The summed E-state index contributed by atoms with van der Waals surface area (Å²) >= 11 is 3.75. The van der Waals surface area contributed by atoms with Crippen LogP contribution in [0.1, 0.15) is 47.7 Å². The second-order valence-electron chi connectivity index (χ2n) is 11.2. The van der Waals surface area contributed by atoms with Gasteiger partial charge in [0.25, 0.3) is 11.8 Å². The summed E-state index contributed by atoms with van der Waals surface area (Å²) in [5, 5.41) is 7.10. The van der Waals surface area contributed by atoms with Gasteiger partial charge >= 0.3 is 0 Å². The van der Waals surface area contributed by atoms with Crippen LogP contribution in [0.3, 0.4) is 0 Å². The Balaban J connectivity index is 1.07. The Morgan fingerprint density at radius 2 is 1.93 bits per heavy atom. The van der Waals surface area contributed by atoms with Crippen molar-refractivity contribution in [3.63, 3.8) is 0 Å². The number of ether oxygens (including phenoxy) is 2. The van der Waals surface area contributed by atoms with E-state index in [9.17, 15) is 13.6 Å². The van der Waals surface area contributed by atoms with E-state index in [-0.39, 0.29) is 17.5 Å². The molecule has 0 radical (unpaired) electrons. The van der Waals surface area contributed by atoms with Crippen LogP contribution in [0.2, 0.25) is 0 Å². The number of rotatable bonds is 8. The number of benzene rings is 2. The summed E-state index contributed by atoms with van der Waals surface area (Å²) in [7, 11) is 1.58. The molecular formula is C31H28F2N6O3S3. The van der Waals surface area contributed by atoms with Crippen molar-refractivity contribution in [2.45, 2.75) is 39.2 Å². The number of imidazole rings is 1. The highest BCUT2D eigenvalue weighted by Gasteiger charge is 2.30. The molecule has 1 amide bonds. The van der Waals surface area contributed by atoms with Crippen LogP contribution in [0.4, 0.5) is 8.78 Å². The van der Waals surface area contributed by atoms with Gasteiger partial charge in [-0.2, -0.15) is 13.9 Å². The predicted molar refractivity (Wildman–Crippen MR) is 172 cm³/mol. The summed E-state index contributed by atoms with van der Waals surface area (Å²) in [6.07, 6.45) is 3.82. The van der Waals surface area contributed by atoms with E-state index in [0.29, 0.717) is 44.2 Å². The summed E-state index contributed by atoms with van der Waals surface area (Å²) < 4.78 is 41.3. The Labute approximate surface area is 269 Å². The molecule has 1 saturated heterocycles. The standard InChI is InChI=1S/C31H28F2N6O3S3/c1-17-5-4-10-38(13-17)28(40)19-8-6-18(7-9-19)26-34-20(16-43-26)15-42-24-12-21(41-3)11-22-25(24)44-27(35-22)23-14-39-30(36-23)45-29(37-39)31(2,32)33/h6-9,11-12,14,16-17H,4-5,10,13,15H2,1-3H3/t17-/m0/s1. The number of likely N-dealkylation sites (tertiary alicyclic amines) is 1. The third-order valence-electron chi connectivity index (χ3n) is 7.55. The molecule has 0 N–H and O–H groups in total. The molecule has 6 aromatic rings. The number of thiazole rings is 2. The molecule has 45 heavy (non-hydrogen) atoms. The zero-order valence-electron chi connectivity index (χ0n) is 24.6. The third-order valence-corrected chi connectivity index (χ3v) is 10.7. The highest BCUT2D eigenvalue weighted by atomic mass is 32.1. The van der Waals surface area contributed by atoms with Crippen molar-refractivity contribution in [3.8, 4) is 32.8 Å². The van der Waals surface area contributed by atoms with Gasteiger partial charge in [-0.3, -0.25) is 4.79 Å². The van der Waals surface area contributed by atoms with Crippen LogP contribution in [0, 0.1) is 5.92 Å². The first kappa shape index (κ1) is 29.7. The second kappa shape index (κ2) is 11.7. The molecule has 14 heteroatoms. The van der Waals surface area contributed by atoms with Gasteiger partial charge in [0.1, 0.15) is 33.8 Å². The normalized spacial score (nSPS) is 15.7. The van der Waals surface area contributed by atoms with E-state index in [4.69, 9.17) is 19.4 Å². The zero-order chi connectivity index (χ0) is 31.3. The van der Waals surface area contributed by atoms with Gasteiger partial charge in [-0.15, -0.1) is 22.7 Å². The number of alkyl halides is 2. The lowest BCUT2D eigenvalue weighted by Gasteiger charge is -2.31. The number of carbonyl (C=O) groups excluding carboxylic acids is 1. The SMILES string of the molecule is COc1cc(OCc2csc(-c3ccc(C(=O)N4CCC[C@H](C)C4)cc3)n2)c2sc(-c3cn4nc(C(C)(F)F)sc4n3)nc2c1. The molecule has 232 valence electrons. The van der Waals surface area contributed by atoms with Gasteiger partial charge in [0.05, 0.1) is 29.2 Å². The second-order valence-corrected chi connectivity index (χ2v) is 14.0. The minimum absolute atomic E-state index is 0.0804. The van der Waals surface area contributed by atoms with E-state index < -0.39 is 5.92 Å². The number of hydrogen-bond acceptors (Lipinski definition) is 10. The van der Waals surface area contributed by atoms with Gasteiger partial charge in [0.2, 0.25) is 4.96 Å². The lowest BCUT2D eigenvalue weighted by Crippen LogP contribution is -2.39. The maximum absolute atomic E-state index is 13.7. The lowest BCUT2D eigenvalue weighted by molar-refractivity contribution is 0.0163. The quantitative estimate of drug-likeness (QED) is 0.164. The first-order valence-corrected chi connectivity index (χ1v) is 16.9. The largest absolute Gasteiger partial charge is 0.497 e.